The molecule has 1 rings (SSSR count). The van der Waals surface area contributed by atoms with Crippen molar-refractivity contribution in [2.75, 3.05) is 11.2 Å². The van der Waals surface area contributed by atoms with Crippen molar-refractivity contribution in [3.63, 3.8) is 0 Å². The third-order valence-electron chi connectivity index (χ3n) is 2.16. The van der Waals surface area contributed by atoms with Crippen LogP contribution in [0.3, 0.4) is 0 Å². The van der Waals surface area contributed by atoms with Crippen molar-refractivity contribution in [3.8, 4) is 0 Å². The van der Waals surface area contributed by atoms with Gasteiger partial charge in [0.2, 0.25) is 0 Å². The lowest BCUT2D eigenvalue weighted by atomic mass is 10.1. The molecule has 0 radical (unpaired) electrons. The van der Waals surface area contributed by atoms with Gasteiger partial charge in [-0.25, -0.2) is 9.97 Å². The van der Waals surface area contributed by atoms with Gasteiger partial charge in [0, 0.05) is 18.1 Å². The van der Waals surface area contributed by atoms with E-state index in [-0.39, 0.29) is 6.04 Å². The fourth-order valence-corrected chi connectivity index (χ4v) is 1.85. The first kappa shape index (κ1) is 12.7. The topological polar surface area (TPSA) is 37.8 Å². The van der Waals surface area contributed by atoms with Gasteiger partial charge >= 0.3 is 0 Å². The molecule has 0 bridgehead atoms. The summed E-state index contributed by atoms with van der Waals surface area (Å²) < 4.78 is 0.865. The Bertz CT molecular complexity index is 330. The SMILES string of the molecule is Cc1ncc(Br)c(NC(CCl)C(C)C)n1. The van der Waals surface area contributed by atoms with Crippen LogP contribution in [0, 0.1) is 12.8 Å². The van der Waals surface area contributed by atoms with Gasteiger partial charge in [0.05, 0.1) is 4.47 Å². The largest absolute Gasteiger partial charge is 0.365 e. The molecule has 0 spiro atoms. The average molecular weight is 293 g/mol. The number of halogens is 2. The molecule has 0 aliphatic heterocycles. The van der Waals surface area contributed by atoms with Crippen molar-refractivity contribution in [3.05, 3.63) is 16.5 Å². The highest BCUT2D eigenvalue weighted by molar-refractivity contribution is 9.10. The smallest absolute Gasteiger partial charge is 0.144 e. The Morgan fingerprint density at radius 1 is 1.53 bits per heavy atom. The number of alkyl halides is 1. The van der Waals surface area contributed by atoms with E-state index >= 15 is 0 Å². The van der Waals surface area contributed by atoms with Crippen LogP contribution in [-0.4, -0.2) is 21.9 Å². The van der Waals surface area contributed by atoms with Gasteiger partial charge in [-0.2, -0.15) is 0 Å². The molecule has 5 heteroatoms. The first-order chi connectivity index (χ1) is 7.04. The first-order valence-corrected chi connectivity index (χ1v) is 6.19. The van der Waals surface area contributed by atoms with Gasteiger partial charge < -0.3 is 5.32 Å². The molecule has 0 saturated heterocycles. The monoisotopic (exact) mass is 291 g/mol. The number of hydrogen-bond acceptors (Lipinski definition) is 3. The van der Waals surface area contributed by atoms with E-state index in [4.69, 9.17) is 11.6 Å². The minimum Gasteiger partial charge on any atom is -0.365 e. The Hall–Kier alpha value is -0.350. The van der Waals surface area contributed by atoms with Crippen molar-refractivity contribution in [2.24, 2.45) is 5.92 Å². The van der Waals surface area contributed by atoms with Gasteiger partial charge in [-0.15, -0.1) is 11.6 Å². The van der Waals surface area contributed by atoms with E-state index in [1.165, 1.54) is 0 Å². The number of rotatable bonds is 4. The zero-order chi connectivity index (χ0) is 11.4. The maximum atomic E-state index is 5.88. The van der Waals surface area contributed by atoms with E-state index in [2.05, 4.69) is 45.1 Å². The molecule has 1 unspecified atom stereocenters. The Morgan fingerprint density at radius 2 is 2.20 bits per heavy atom. The van der Waals surface area contributed by atoms with Crippen molar-refractivity contribution < 1.29 is 0 Å². The Balaban J connectivity index is 2.82. The summed E-state index contributed by atoms with van der Waals surface area (Å²) in [5, 5.41) is 3.31. The average Bonchev–Trinajstić information content (AvgIpc) is 2.18. The van der Waals surface area contributed by atoms with Crippen molar-refractivity contribution in [1.29, 1.82) is 0 Å². The second-order valence-electron chi connectivity index (χ2n) is 3.76. The number of nitrogens with one attached hydrogen (secondary N) is 1. The zero-order valence-corrected chi connectivity index (χ0v) is 11.4. The summed E-state index contributed by atoms with van der Waals surface area (Å²) in [6, 6.07) is 0.220. The second kappa shape index (κ2) is 5.66. The van der Waals surface area contributed by atoms with E-state index in [1.54, 1.807) is 6.20 Å². The van der Waals surface area contributed by atoms with Crippen LogP contribution in [0.5, 0.6) is 0 Å². The molecular formula is C10H15BrClN3. The number of anilines is 1. The van der Waals surface area contributed by atoms with Gasteiger partial charge in [0.25, 0.3) is 0 Å². The van der Waals surface area contributed by atoms with E-state index in [0.29, 0.717) is 11.8 Å². The van der Waals surface area contributed by atoms with Gasteiger partial charge in [0.15, 0.2) is 0 Å². The number of aryl methyl sites for hydroxylation is 1. The number of aromatic nitrogens is 2. The molecule has 1 N–H and O–H groups in total. The fraction of sp³-hybridized carbons (Fsp3) is 0.600. The predicted octanol–water partition coefficient (Wildman–Crippen LogP) is 3.22. The highest BCUT2D eigenvalue weighted by Crippen LogP contribution is 2.21. The highest BCUT2D eigenvalue weighted by Gasteiger charge is 2.14. The maximum Gasteiger partial charge on any atom is 0.144 e. The van der Waals surface area contributed by atoms with Gasteiger partial charge in [-0.3, -0.25) is 0 Å². The molecule has 0 aromatic carbocycles. The van der Waals surface area contributed by atoms with E-state index in [0.717, 1.165) is 16.1 Å². The second-order valence-corrected chi connectivity index (χ2v) is 4.93. The molecule has 84 valence electrons. The highest BCUT2D eigenvalue weighted by atomic mass is 79.9. The van der Waals surface area contributed by atoms with Crippen molar-refractivity contribution >= 4 is 33.3 Å². The Kier molecular flexibility index (Phi) is 4.80. The molecule has 0 aliphatic carbocycles. The normalized spacial score (nSPS) is 12.9. The molecule has 0 aliphatic rings. The lowest BCUT2D eigenvalue weighted by Crippen LogP contribution is -2.28. The molecule has 3 nitrogen and oxygen atoms in total. The van der Waals surface area contributed by atoms with Gasteiger partial charge in [-0.1, -0.05) is 13.8 Å². The quantitative estimate of drug-likeness (QED) is 0.866. The van der Waals surface area contributed by atoms with Crippen LogP contribution in [0.1, 0.15) is 19.7 Å². The standard InChI is InChI=1S/C10H15BrClN3/c1-6(2)9(4-12)15-10-8(11)5-13-7(3)14-10/h5-6,9H,4H2,1-3H3,(H,13,14,15). The van der Waals surface area contributed by atoms with Crippen LogP contribution in [0.25, 0.3) is 0 Å². The summed E-state index contributed by atoms with van der Waals surface area (Å²) in [6.45, 7) is 6.12. The number of hydrogen-bond donors (Lipinski definition) is 1. The van der Waals surface area contributed by atoms with Crippen LogP contribution < -0.4 is 5.32 Å². The molecular weight excluding hydrogens is 277 g/mol. The summed E-state index contributed by atoms with van der Waals surface area (Å²) in [7, 11) is 0. The summed E-state index contributed by atoms with van der Waals surface area (Å²) in [5.74, 6) is 2.58. The van der Waals surface area contributed by atoms with Gasteiger partial charge in [0.1, 0.15) is 11.6 Å². The first-order valence-electron chi connectivity index (χ1n) is 4.86. The minimum absolute atomic E-state index is 0.220. The molecule has 1 aromatic heterocycles. The van der Waals surface area contributed by atoms with Crippen LogP contribution in [0.2, 0.25) is 0 Å². The van der Waals surface area contributed by atoms with Crippen molar-refractivity contribution in [1.82, 2.24) is 9.97 Å². The molecule has 15 heavy (non-hydrogen) atoms. The third kappa shape index (κ3) is 3.61. The molecule has 0 fully saturated rings. The zero-order valence-electron chi connectivity index (χ0n) is 9.09. The lowest BCUT2D eigenvalue weighted by Gasteiger charge is -2.20. The summed E-state index contributed by atoms with van der Waals surface area (Å²) in [5.41, 5.74) is 0. The Labute approximate surface area is 104 Å². The minimum atomic E-state index is 0.220. The van der Waals surface area contributed by atoms with Crippen LogP contribution >= 0.6 is 27.5 Å². The lowest BCUT2D eigenvalue weighted by molar-refractivity contribution is 0.562. The molecule has 1 aromatic rings. The molecule has 0 saturated carbocycles. The third-order valence-corrected chi connectivity index (χ3v) is 3.07. The Morgan fingerprint density at radius 3 is 2.73 bits per heavy atom. The van der Waals surface area contributed by atoms with Crippen LogP contribution in [-0.2, 0) is 0 Å². The molecule has 0 amide bonds. The van der Waals surface area contributed by atoms with Gasteiger partial charge in [-0.05, 0) is 28.8 Å². The molecule has 1 atom stereocenters. The van der Waals surface area contributed by atoms with Crippen molar-refractivity contribution in [2.45, 2.75) is 26.8 Å². The number of nitrogens with zero attached hydrogens (tertiary/aromatic N) is 2. The summed E-state index contributed by atoms with van der Waals surface area (Å²) >= 11 is 9.29. The van der Waals surface area contributed by atoms with E-state index < -0.39 is 0 Å². The van der Waals surface area contributed by atoms with Crippen LogP contribution in [0.4, 0.5) is 5.82 Å². The predicted molar refractivity (Wildman–Crippen MR) is 67.4 cm³/mol. The maximum absolute atomic E-state index is 5.88. The summed E-state index contributed by atoms with van der Waals surface area (Å²) in [6.07, 6.45) is 1.75. The summed E-state index contributed by atoms with van der Waals surface area (Å²) in [4.78, 5) is 8.40. The fourth-order valence-electron chi connectivity index (χ4n) is 1.12. The van der Waals surface area contributed by atoms with Crippen LogP contribution in [0.15, 0.2) is 10.7 Å². The van der Waals surface area contributed by atoms with E-state index in [1.807, 2.05) is 6.92 Å². The molecule has 1 heterocycles. The van der Waals surface area contributed by atoms with E-state index in [9.17, 15) is 0 Å².